The Morgan fingerprint density at radius 1 is 1.26 bits per heavy atom. The molecule has 1 N–H and O–H groups in total. The van der Waals surface area contributed by atoms with E-state index in [-0.39, 0.29) is 24.0 Å². The van der Waals surface area contributed by atoms with Crippen molar-refractivity contribution in [2.24, 2.45) is 10.9 Å². The topological polar surface area (TPSA) is 40.1 Å². The van der Waals surface area contributed by atoms with Crippen molar-refractivity contribution >= 4 is 29.9 Å². The second-order valence-corrected chi connectivity index (χ2v) is 7.07. The second-order valence-electron chi connectivity index (χ2n) is 7.07. The van der Waals surface area contributed by atoms with Crippen molar-refractivity contribution < 1.29 is 4.74 Å². The average Bonchev–Trinajstić information content (AvgIpc) is 2.68. The Morgan fingerprint density at radius 3 is 2.59 bits per heavy atom. The zero-order chi connectivity index (χ0) is 18.8. The first kappa shape index (κ1) is 24.0. The standard InChI is InChI=1S/C21H36N4O.HI/c1-5-22-21(23-14-11-18-12-15-25(6-2)16-13-18)24(3)17-19-9-7-8-10-20(19)26-4;/h7-10,18H,5-6,11-17H2,1-4H3,(H,22,23);1H. The van der Waals surface area contributed by atoms with E-state index in [4.69, 9.17) is 9.73 Å². The summed E-state index contributed by atoms with van der Waals surface area (Å²) in [6.07, 6.45) is 3.82. The van der Waals surface area contributed by atoms with Gasteiger partial charge >= 0.3 is 0 Å². The number of para-hydroxylation sites is 1. The molecule has 0 radical (unpaired) electrons. The number of nitrogens with zero attached hydrogens (tertiary/aromatic N) is 3. The molecule has 0 saturated carbocycles. The van der Waals surface area contributed by atoms with Gasteiger partial charge in [0.15, 0.2) is 5.96 Å². The highest BCUT2D eigenvalue weighted by Gasteiger charge is 2.17. The zero-order valence-electron chi connectivity index (χ0n) is 17.4. The van der Waals surface area contributed by atoms with Crippen LogP contribution < -0.4 is 10.1 Å². The molecule has 0 amide bonds. The van der Waals surface area contributed by atoms with Gasteiger partial charge in [-0.1, -0.05) is 25.1 Å². The molecule has 0 atom stereocenters. The maximum atomic E-state index is 5.47. The lowest BCUT2D eigenvalue weighted by Crippen LogP contribution is -2.38. The van der Waals surface area contributed by atoms with E-state index in [0.717, 1.165) is 37.3 Å². The third-order valence-corrected chi connectivity index (χ3v) is 5.25. The zero-order valence-corrected chi connectivity index (χ0v) is 19.7. The SMILES string of the molecule is CCNC(=NCCC1CCN(CC)CC1)N(C)Cc1ccccc1OC.I. The highest BCUT2D eigenvalue weighted by atomic mass is 127. The van der Waals surface area contributed by atoms with Gasteiger partial charge in [-0.25, -0.2) is 0 Å². The van der Waals surface area contributed by atoms with Crippen molar-refractivity contribution in [1.82, 2.24) is 15.1 Å². The number of likely N-dealkylation sites (tertiary alicyclic amines) is 1. The summed E-state index contributed by atoms with van der Waals surface area (Å²) in [5.41, 5.74) is 1.18. The lowest BCUT2D eigenvalue weighted by atomic mass is 9.94. The van der Waals surface area contributed by atoms with Crippen LogP contribution in [0, 0.1) is 5.92 Å². The van der Waals surface area contributed by atoms with E-state index in [0.29, 0.717) is 0 Å². The normalized spacial score (nSPS) is 15.9. The number of piperidine rings is 1. The van der Waals surface area contributed by atoms with Gasteiger partial charge in [0.25, 0.3) is 0 Å². The first-order chi connectivity index (χ1) is 12.7. The van der Waals surface area contributed by atoms with Crippen molar-refractivity contribution in [3.05, 3.63) is 29.8 Å². The van der Waals surface area contributed by atoms with Crippen LogP contribution in [0.1, 0.15) is 38.7 Å². The summed E-state index contributed by atoms with van der Waals surface area (Å²) in [4.78, 5) is 9.60. The molecule has 154 valence electrons. The van der Waals surface area contributed by atoms with E-state index >= 15 is 0 Å². The van der Waals surface area contributed by atoms with Crippen LogP contribution in [0.25, 0.3) is 0 Å². The van der Waals surface area contributed by atoms with Crippen molar-refractivity contribution in [3.63, 3.8) is 0 Å². The Balaban J connectivity index is 0.00000364. The Bertz CT molecular complexity index is 559. The van der Waals surface area contributed by atoms with E-state index in [1.54, 1.807) is 7.11 Å². The molecule has 0 aliphatic carbocycles. The number of hydrogen-bond acceptors (Lipinski definition) is 3. The predicted molar refractivity (Wildman–Crippen MR) is 125 cm³/mol. The molecular formula is C21H37IN4O. The van der Waals surface area contributed by atoms with Crippen LogP contribution in [0.5, 0.6) is 5.75 Å². The molecule has 1 aromatic rings. The fraction of sp³-hybridized carbons (Fsp3) is 0.667. The minimum atomic E-state index is 0. The fourth-order valence-corrected chi connectivity index (χ4v) is 3.58. The van der Waals surface area contributed by atoms with E-state index < -0.39 is 0 Å². The average molecular weight is 488 g/mol. The Kier molecular flexibility index (Phi) is 11.7. The Morgan fingerprint density at radius 2 is 1.96 bits per heavy atom. The van der Waals surface area contributed by atoms with Crippen LogP contribution in [0.4, 0.5) is 0 Å². The quantitative estimate of drug-likeness (QED) is 0.343. The summed E-state index contributed by atoms with van der Waals surface area (Å²) in [7, 11) is 3.82. The summed E-state index contributed by atoms with van der Waals surface area (Å²) in [6, 6.07) is 8.18. The number of aliphatic imine (C=N–C) groups is 1. The van der Waals surface area contributed by atoms with Crippen LogP contribution in [-0.2, 0) is 6.54 Å². The van der Waals surface area contributed by atoms with Crippen molar-refractivity contribution in [2.75, 3.05) is 46.9 Å². The number of benzene rings is 1. The minimum Gasteiger partial charge on any atom is -0.496 e. The Hall–Kier alpha value is -1.02. The van der Waals surface area contributed by atoms with Gasteiger partial charge in [-0.3, -0.25) is 4.99 Å². The number of methoxy groups -OCH3 is 1. The molecule has 0 aromatic heterocycles. The number of hydrogen-bond donors (Lipinski definition) is 1. The number of ether oxygens (including phenoxy) is 1. The maximum Gasteiger partial charge on any atom is 0.193 e. The molecule has 1 saturated heterocycles. The third kappa shape index (κ3) is 7.86. The number of nitrogens with one attached hydrogen (secondary N) is 1. The van der Waals surface area contributed by atoms with Gasteiger partial charge in [-0.2, -0.15) is 0 Å². The number of guanidine groups is 1. The van der Waals surface area contributed by atoms with Crippen LogP contribution in [0.15, 0.2) is 29.3 Å². The number of halogens is 1. The molecule has 1 aromatic carbocycles. The molecule has 5 nitrogen and oxygen atoms in total. The molecule has 1 aliphatic heterocycles. The molecular weight excluding hydrogens is 451 g/mol. The predicted octanol–water partition coefficient (Wildman–Crippen LogP) is 3.83. The van der Waals surface area contributed by atoms with Crippen LogP contribution >= 0.6 is 24.0 Å². The van der Waals surface area contributed by atoms with Gasteiger partial charge in [-0.15, -0.1) is 24.0 Å². The first-order valence-corrected chi connectivity index (χ1v) is 10.0. The lowest BCUT2D eigenvalue weighted by Gasteiger charge is -2.30. The van der Waals surface area contributed by atoms with E-state index in [9.17, 15) is 0 Å². The summed E-state index contributed by atoms with van der Waals surface area (Å²) < 4.78 is 5.47. The summed E-state index contributed by atoms with van der Waals surface area (Å²) in [6.45, 7) is 10.6. The van der Waals surface area contributed by atoms with Crippen molar-refractivity contribution in [1.29, 1.82) is 0 Å². The first-order valence-electron chi connectivity index (χ1n) is 10.0. The lowest BCUT2D eigenvalue weighted by molar-refractivity contribution is 0.188. The van der Waals surface area contributed by atoms with Crippen LogP contribution in [0.3, 0.4) is 0 Å². The highest BCUT2D eigenvalue weighted by Crippen LogP contribution is 2.21. The smallest absolute Gasteiger partial charge is 0.193 e. The maximum absolute atomic E-state index is 5.47. The van der Waals surface area contributed by atoms with Gasteiger partial charge in [0.1, 0.15) is 5.75 Å². The fourth-order valence-electron chi connectivity index (χ4n) is 3.58. The molecule has 0 unspecified atom stereocenters. The third-order valence-electron chi connectivity index (χ3n) is 5.25. The van der Waals surface area contributed by atoms with E-state index in [2.05, 4.69) is 48.1 Å². The Labute approximate surface area is 182 Å². The molecule has 27 heavy (non-hydrogen) atoms. The van der Waals surface area contributed by atoms with Crippen LogP contribution in [-0.4, -0.2) is 62.6 Å². The van der Waals surface area contributed by atoms with Gasteiger partial charge < -0.3 is 19.9 Å². The minimum absolute atomic E-state index is 0. The van der Waals surface area contributed by atoms with Gasteiger partial charge in [0, 0.05) is 32.2 Å². The van der Waals surface area contributed by atoms with Gasteiger partial charge in [0.2, 0.25) is 0 Å². The molecule has 2 rings (SSSR count). The second kappa shape index (κ2) is 13.2. The molecule has 1 fully saturated rings. The molecule has 1 heterocycles. The highest BCUT2D eigenvalue weighted by molar-refractivity contribution is 14.0. The van der Waals surface area contributed by atoms with Gasteiger partial charge in [0.05, 0.1) is 7.11 Å². The molecule has 0 bridgehead atoms. The van der Waals surface area contributed by atoms with E-state index in [1.807, 2.05) is 12.1 Å². The van der Waals surface area contributed by atoms with Crippen molar-refractivity contribution in [2.45, 2.75) is 39.7 Å². The monoisotopic (exact) mass is 488 g/mol. The van der Waals surface area contributed by atoms with Crippen molar-refractivity contribution in [3.8, 4) is 5.75 Å². The summed E-state index contributed by atoms with van der Waals surface area (Å²) in [5, 5.41) is 3.42. The summed E-state index contributed by atoms with van der Waals surface area (Å²) in [5.74, 6) is 2.73. The number of rotatable bonds is 8. The molecule has 1 aliphatic rings. The van der Waals surface area contributed by atoms with Crippen LogP contribution in [0.2, 0.25) is 0 Å². The largest absolute Gasteiger partial charge is 0.496 e. The molecule has 0 spiro atoms. The summed E-state index contributed by atoms with van der Waals surface area (Å²) >= 11 is 0. The van der Waals surface area contributed by atoms with E-state index in [1.165, 1.54) is 44.5 Å². The van der Waals surface area contributed by atoms with Gasteiger partial charge in [-0.05, 0) is 57.8 Å². The molecule has 6 heteroatoms.